The van der Waals surface area contributed by atoms with Gasteiger partial charge in [0.05, 0.1) is 18.3 Å². The highest BCUT2D eigenvalue weighted by atomic mass is 35.5. The maximum Gasteiger partial charge on any atom is 0.257 e. The number of benzene rings is 2. The van der Waals surface area contributed by atoms with E-state index in [9.17, 15) is 18.3 Å². The molecule has 1 amide bonds. The van der Waals surface area contributed by atoms with Crippen molar-refractivity contribution in [2.75, 3.05) is 26.2 Å². The normalized spacial score (nSPS) is 15.1. The summed E-state index contributed by atoms with van der Waals surface area (Å²) in [6.45, 7) is 3.00. The van der Waals surface area contributed by atoms with Gasteiger partial charge in [-0.05, 0) is 36.2 Å². The van der Waals surface area contributed by atoms with Crippen molar-refractivity contribution in [3.63, 3.8) is 0 Å². The molecule has 0 saturated carbocycles. The lowest BCUT2D eigenvalue weighted by molar-refractivity contribution is 0.0697. The predicted octanol–water partition coefficient (Wildman–Crippen LogP) is 2.75. The minimum atomic E-state index is -3.85. The molecule has 1 aromatic heterocycles. The quantitative estimate of drug-likeness (QED) is 0.613. The Balaban J connectivity index is 1.41. The third-order valence-electron chi connectivity index (χ3n) is 5.43. The number of carbonyl (C=O) groups excluding carboxylic acids is 1. The summed E-state index contributed by atoms with van der Waals surface area (Å²) in [5.41, 5.74) is 2.07. The number of sulfonamides is 1. The van der Waals surface area contributed by atoms with Gasteiger partial charge in [-0.25, -0.2) is 8.42 Å². The van der Waals surface area contributed by atoms with Crippen LogP contribution in [0.3, 0.4) is 0 Å². The number of halogens is 1. The highest BCUT2D eigenvalue weighted by Crippen LogP contribution is 2.27. The molecule has 3 aromatic rings. The minimum absolute atomic E-state index is 0.113. The monoisotopic (exact) mass is 474 g/mol. The number of amides is 1. The van der Waals surface area contributed by atoms with Crippen molar-refractivity contribution >= 4 is 27.5 Å². The van der Waals surface area contributed by atoms with Crippen molar-refractivity contribution in [2.45, 2.75) is 18.4 Å². The number of hydrogen-bond donors (Lipinski definition) is 1. The summed E-state index contributed by atoms with van der Waals surface area (Å²) in [5, 5.41) is 14.9. The highest BCUT2D eigenvalue weighted by molar-refractivity contribution is 7.89. The summed E-state index contributed by atoms with van der Waals surface area (Å²) in [4.78, 5) is 14.4. The molecule has 0 atom stereocenters. The fraction of sp³-hybridized carbons (Fsp3) is 0.273. The van der Waals surface area contributed by atoms with Crippen LogP contribution in [0.25, 0.3) is 0 Å². The van der Waals surface area contributed by atoms with Gasteiger partial charge in [-0.1, -0.05) is 35.9 Å². The summed E-state index contributed by atoms with van der Waals surface area (Å²) in [6.07, 6.45) is 3.17. The first-order valence-corrected chi connectivity index (χ1v) is 11.9. The zero-order chi connectivity index (χ0) is 22.9. The van der Waals surface area contributed by atoms with E-state index in [4.69, 9.17) is 11.6 Å². The largest absolute Gasteiger partial charge is 0.507 e. The number of hydrogen-bond acceptors (Lipinski definition) is 5. The number of nitrogens with zero attached hydrogens (tertiary/aromatic N) is 4. The van der Waals surface area contributed by atoms with Gasteiger partial charge >= 0.3 is 0 Å². The molecule has 1 aliphatic heterocycles. The van der Waals surface area contributed by atoms with Gasteiger partial charge < -0.3 is 10.0 Å². The smallest absolute Gasteiger partial charge is 0.257 e. The highest BCUT2D eigenvalue weighted by Gasteiger charge is 2.32. The van der Waals surface area contributed by atoms with Gasteiger partial charge in [0.2, 0.25) is 10.0 Å². The van der Waals surface area contributed by atoms with Crippen molar-refractivity contribution in [1.82, 2.24) is 19.0 Å². The Morgan fingerprint density at radius 1 is 1.12 bits per heavy atom. The van der Waals surface area contributed by atoms with E-state index in [1.165, 1.54) is 22.6 Å². The van der Waals surface area contributed by atoms with E-state index in [0.717, 1.165) is 11.1 Å². The molecule has 10 heteroatoms. The number of phenols is 1. The van der Waals surface area contributed by atoms with Crippen LogP contribution in [0.1, 0.15) is 21.5 Å². The number of aryl methyl sites for hydroxylation is 1. The van der Waals surface area contributed by atoms with Crippen molar-refractivity contribution in [3.05, 3.63) is 76.6 Å². The topological polar surface area (TPSA) is 95.7 Å². The lowest BCUT2D eigenvalue weighted by Gasteiger charge is -2.34. The second-order valence-electron chi connectivity index (χ2n) is 7.69. The van der Waals surface area contributed by atoms with Crippen molar-refractivity contribution < 1.29 is 18.3 Å². The minimum Gasteiger partial charge on any atom is -0.507 e. The number of rotatable bonds is 5. The molecule has 0 radical (unpaired) electrons. The average molecular weight is 475 g/mol. The van der Waals surface area contributed by atoms with E-state index < -0.39 is 10.0 Å². The van der Waals surface area contributed by atoms with Crippen LogP contribution >= 0.6 is 11.6 Å². The lowest BCUT2D eigenvalue weighted by Crippen LogP contribution is -2.50. The molecule has 0 unspecified atom stereocenters. The summed E-state index contributed by atoms with van der Waals surface area (Å²) < 4.78 is 28.8. The Kier molecular flexibility index (Phi) is 6.23. The molecule has 168 valence electrons. The predicted molar refractivity (Wildman–Crippen MR) is 120 cm³/mol. The lowest BCUT2D eigenvalue weighted by atomic mass is 10.2. The van der Waals surface area contributed by atoms with Crippen LogP contribution in [-0.2, 0) is 16.6 Å². The zero-order valence-corrected chi connectivity index (χ0v) is 19.1. The third kappa shape index (κ3) is 4.50. The first-order chi connectivity index (χ1) is 15.3. The van der Waals surface area contributed by atoms with Gasteiger partial charge in [0.1, 0.15) is 10.6 Å². The summed E-state index contributed by atoms with van der Waals surface area (Å²) in [7, 11) is -3.85. The fourth-order valence-corrected chi connectivity index (χ4v) is 5.43. The van der Waals surface area contributed by atoms with Gasteiger partial charge in [-0.15, -0.1) is 0 Å². The first-order valence-electron chi connectivity index (χ1n) is 10.1. The number of aromatic hydroxyl groups is 1. The van der Waals surface area contributed by atoms with Crippen molar-refractivity contribution in [2.24, 2.45) is 0 Å². The number of piperazine rings is 1. The average Bonchev–Trinajstić information content (AvgIpc) is 3.25. The second kappa shape index (κ2) is 8.93. The van der Waals surface area contributed by atoms with Gasteiger partial charge in [-0.2, -0.15) is 9.40 Å². The SMILES string of the molecule is Cc1ccc(O)c(S(=O)(=O)N2CCN(C(=O)c3cnn(Cc4ccccc4Cl)c3)CC2)c1. The van der Waals surface area contributed by atoms with E-state index in [1.54, 1.807) is 34.8 Å². The Bertz CT molecular complexity index is 1250. The van der Waals surface area contributed by atoms with Crippen LogP contribution < -0.4 is 0 Å². The third-order valence-corrected chi connectivity index (χ3v) is 7.73. The van der Waals surface area contributed by atoms with E-state index in [0.29, 0.717) is 17.1 Å². The van der Waals surface area contributed by atoms with Crippen LogP contribution in [0.5, 0.6) is 5.75 Å². The molecule has 32 heavy (non-hydrogen) atoms. The maximum absolute atomic E-state index is 12.9. The standard InChI is InChI=1S/C22H23ClN4O4S/c1-16-6-7-20(28)21(12-16)32(30,31)27-10-8-25(9-11-27)22(29)18-13-24-26(15-18)14-17-4-2-3-5-19(17)23/h2-7,12-13,15,28H,8-11,14H2,1H3. The van der Waals surface area contributed by atoms with Crippen molar-refractivity contribution in [3.8, 4) is 5.75 Å². The molecule has 1 saturated heterocycles. The number of aromatic nitrogens is 2. The van der Waals surface area contributed by atoms with E-state index in [2.05, 4.69) is 5.10 Å². The number of phenolic OH excluding ortho intramolecular Hbond substituents is 1. The Morgan fingerprint density at radius 3 is 2.56 bits per heavy atom. The molecule has 2 aromatic carbocycles. The van der Waals surface area contributed by atoms with Gasteiger partial charge in [-0.3, -0.25) is 9.48 Å². The summed E-state index contributed by atoms with van der Waals surface area (Å²) >= 11 is 6.19. The van der Waals surface area contributed by atoms with Gasteiger partial charge in [0, 0.05) is 37.4 Å². The molecular weight excluding hydrogens is 452 g/mol. The molecule has 4 rings (SSSR count). The Labute approximate surface area is 191 Å². The van der Waals surface area contributed by atoms with E-state index in [-0.39, 0.29) is 42.7 Å². The second-order valence-corrected chi connectivity index (χ2v) is 10.00. The fourth-order valence-electron chi connectivity index (χ4n) is 3.64. The van der Waals surface area contributed by atoms with E-state index >= 15 is 0 Å². The van der Waals surface area contributed by atoms with Crippen LogP contribution in [0.15, 0.2) is 59.8 Å². The Morgan fingerprint density at radius 2 is 1.84 bits per heavy atom. The molecule has 8 nitrogen and oxygen atoms in total. The molecular formula is C22H23ClN4O4S. The van der Waals surface area contributed by atoms with E-state index in [1.807, 2.05) is 18.2 Å². The molecule has 0 spiro atoms. The summed E-state index contributed by atoms with van der Waals surface area (Å²) in [5.74, 6) is -0.481. The maximum atomic E-state index is 12.9. The zero-order valence-electron chi connectivity index (χ0n) is 17.5. The first kappa shape index (κ1) is 22.3. The molecule has 0 bridgehead atoms. The van der Waals surface area contributed by atoms with Crippen LogP contribution in [0, 0.1) is 6.92 Å². The molecule has 1 aliphatic rings. The molecule has 2 heterocycles. The Hall–Kier alpha value is -2.88. The van der Waals surface area contributed by atoms with Crippen LogP contribution in [-0.4, -0.2) is 64.6 Å². The van der Waals surface area contributed by atoms with Crippen molar-refractivity contribution in [1.29, 1.82) is 0 Å². The van der Waals surface area contributed by atoms with Gasteiger partial charge in [0.15, 0.2) is 0 Å². The molecule has 1 N–H and O–H groups in total. The summed E-state index contributed by atoms with van der Waals surface area (Å²) in [6, 6.07) is 11.9. The van der Waals surface area contributed by atoms with Crippen LogP contribution in [0.2, 0.25) is 5.02 Å². The van der Waals surface area contributed by atoms with Crippen LogP contribution in [0.4, 0.5) is 0 Å². The molecule has 0 aliphatic carbocycles. The molecule has 1 fully saturated rings. The van der Waals surface area contributed by atoms with Gasteiger partial charge in [0.25, 0.3) is 5.91 Å². The number of carbonyl (C=O) groups is 1.